The van der Waals surface area contributed by atoms with Crippen LogP contribution in [0.25, 0.3) is 16.6 Å². The Bertz CT molecular complexity index is 1180. The van der Waals surface area contributed by atoms with Crippen molar-refractivity contribution in [1.82, 2.24) is 14.5 Å². The van der Waals surface area contributed by atoms with Gasteiger partial charge in [0.15, 0.2) is 15.7 Å². The predicted octanol–water partition coefficient (Wildman–Crippen LogP) is 0.729. The molecule has 0 amide bonds. The number of hydrogen-bond acceptors (Lipinski definition) is 6. The molecular weight excluding hydrogens is 318 g/mol. The molecule has 2 aromatic heterocycles. The maximum atomic E-state index is 12.6. The van der Waals surface area contributed by atoms with Gasteiger partial charge in [-0.1, -0.05) is 0 Å². The summed E-state index contributed by atoms with van der Waals surface area (Å²) in [4.78, 5) is 33.3. The Morgan fingerprint density at radius 3 is 2.65 bits per heavy atom. The fraction of sp³-hybridized carbons (Fsp3) is 0.0667. The summed E-state index contributed by atoms with van der Waals surface area (Å²) in [6.07, 6.45) is 3.94. The van der Waals surface area contributed by atoms with Gasteiger partial charge in [-0.05, 0) is 24.3 Å². The highest BCUT2D eigenvalue weighted by Crippen LogP contribution is 2.28. The zero-order chi connectivity index (χ0) is 16.4. The van der Waals surface area contributed by atoms with Crippen molar-refractivity contribution in [2.24, 2.45) is 0 Å². The molecule has 0 bridgehead atoms. The van der Waals surface area contributed by atoms with E-state index in [1.54, 1.807) is 6.07 Å². The van der Waals surface area contributed by atoms with Gasteiger partial charge in [0, 0.05) is 18.6 Å². The number of ketones is 1. The van der Waals surface area contributed by atoms with Crippen molar-refractivity contribution < 1.29 is 13.2 Å². The molecule has 0 fully saturated rings. The van der Waals surface area contributed by atoms with Crippen LogP contribution in [0.3, 0.4) is 0 Å². The summed E-state index contributed by atoms with van der Waals surface area (Å²) in [6, 6.07) is 5.65. The van der Waals surface area contributed by atoms with E-state index in [-0.39, 0.29) is 16.3 Å². The van der Waals surface area contributed by atoms with Crippen LogP contribution in [-0.2, 0) is 9.84 Å². The molecule has 23 heavy (non-hydrogen) atoms. The van der Waals surface area contributed by atoms with E-state index in [4.69, 9.17) is 0 Å². The van der Waals surface area contributed by atoms with Crippen molar-refractivity contribution in [1.29, 1.82) is 0 Å². The average molecular weight is 327 g/mol. The Morgan fingerprint density at radius 2 is 1.91 bits per heavy atom. The Morgan fingerprint density at radius 1 is 1.13 bits per heavy atom. The third-order valence-electron chi connectivity index (χ3n) is 3.75. The maximum Gasteiger partial charge on any atom is 0.267 e. The molecule has 0 aliphatic carbocycles. The van der Waals surface area contributed by atoms with Crippen molar-refractivity contribution in [2.45, 2.75) is 4.90 Å². The molecule has 1 aliphatic heterocycles. The fourth-order valence-corrected chi connectivity index (χ4v) is 3.30. The highest BCUT2D eigenvalue weighted by Gasteiger charge is 2.31. The molecule has 1 aliphatic rings. The summed E-state index contributed by atoms with van der Waals surface area (Å²) in [5, 5.41) is 0.295. The van der Waals surface area contributed by atoms with E-state index in [0.717, 1.165) is 6.26 Å². The van der Waals surface area contributed by atoms with E-state index < -0.39 is 21.2 Å². The van der Waals surface area contributed by atoms with Crippen molar-refractivity contribution in [3.8, 4) is 5.69 Å². The second-order valence-electron chi connectivity index (χ2n) is 5.25. The zero-order valence-corrected chi connectivity index (χ0v) is 12.7. The van der Waals surface area contributed by atoms with Gasteiger partial charge in [0.2, 0.25) is 5.78 Å². The molecule has 1 aromatic carbocycles. The van der Waals surface area contributed by atoms with Crippen molar-refractivity contribution >= 4 is 26.5 Å². The SMILES string of the molecule is CS(=O)(=O)c1ccc2c(c1)C(=O)c1nc3ccncc3c(=O)n1-2. The van der Waals surface area contributed by atoms with Crippen LogP contribution in [0, 0.1) is 0 Å². The van der Waals surface area contributed by atoms with Crippen LogP contribution in [0.5, 0.6) is 0 Å². The zero-order valence-electron chi connectivity index (χ0n) is 11.8. The summed E-state index contributed by atoms with van der Waals surface area (Å²) >= 11 is 0. The molecule has 0 radical (unpaired) electrons. The lowest BCUT2D eigenvalue weighted by atomic mass is 10.1. The number of rotatable bonds is 1. The first kappa shape index (κ1) is 13.8. The number of hydrogen-bond donors (Lipinski definition) is 0. The summed E-state index contributed by atoms with van der Waals surface area (Å²) in [7, 11) is -3.45. The monoisotopic (exact) mass is 327 g/mol. The van der Waals surface area contributed by atoms with Gasteiger partial charge in [0.25, 0.3) is 5.56 Å². The van der Waals surface area contributed by atoms with E-state index in [1.165, 1.54) is 35.2 Å². The second-order valence-corrected chi connectivity index (χ2v) is 7.26. The Hall–Kier alpha value is -2.87. The van der Waals surface area contributed by atoms with E-state index in [1.807, 2.05) is 0 Å². The topological polar surface area (TPSA) is 99.0 Å². The number of carbonyl (C=O) groups excluding carboxylic acids is 1. The minimum atomic E-state index is -3.45. The van der Waals surface area contributed by atoms with Crippen LogP contribution in [0.15, 0.2) is 46.3 Å². The standard InChI is InChI=1S/C15H9N3O4S/c1-23(21,22)8-2-3-12-9(6-8)13(19)14-17-11-4-5-16-7-10(11)15(20)18(12)14/h2-7H,1H3. The number of fused-ring (bicyclic) bond motifs is 4. The van der Waals surface area contributed by atoms with Gasteiger partial charge < -0.3 is 0 Å². The molecule has 8 heteroatoms. The molecule has 0 saturated heterocycles. The highest BCUT2D eigenvalue weighted by atomic mass is 32.2. The van der Waals surface area contributed by atoms with E-state index >= 15 is 0 Å². The number of nitrogens with zero attached hydrogens (tertiary/aromatic N) is 3. The molecular formula is C15H9N3O4S. The summed E-state index contributed by atoms with van der Waals surface area (Å²) in [6.45, 7) is 0. The van der Waals surface area contributed by atoms with Crippen LogP contribution in [0.4, 0.5) is 0 Å². The Kier molecular flexibility index (Phi) is 2.59. The molecule has 114 valence electrons. The third-order valence-corrected chi connectivity index (χ3v) is 4.86. The Labute approximate surface area is 130 Å². The first-order valence-corrected chi connectivity index (χ1v) is 8.53. The maximum absolute atomic E-state index is 12.6. The lowest BCUT2D eigenvalue weighted by molar-refractivity contribution is 0.103. The molecule has 0 atom stereocenters. The van der Waals surface area contributed by atoms with Gasteiger partial charge in [0.1, 0.15) is 0 Å². The molecule has 0 spiro atoms. The average Bonchev–Trinajstić information content (AvgIpc) is 2.80. The van der Waals surface area contributed by atoms with Gasteiger partial charge >= 0.3 is 0 Å². The number of pyridine rings is 1. The number of carbonyl (C=O) groups is 1. The van der Waals surface area contributed by atoms with E-state index in [0.29, 0.717) is 16.6 Å². The van der Waals surface area contributed by atoms with Crippen LogP contribution < -0.4 is 5.56 Å². The number of aromatic nitrogens is 3. The molecule has 3 aromatic rings. The summed E-state index contributed by atoms with van der Waals surface area (Å²) in [5.41, 5.74) is 0.458. The van der Waals surface area contributed by atoms with Crippen molar-refractivity contribution in [3.63, 3.8) is 0 Å². The van der Waals surface area contributed by atoms with Crippen molar-refractivity contribution in [2.75, 3.05) is 6.26 Å². The molecule has 0 N–H and O–H groups in total. The normalized spacial score (nSPS) is 13.2. The summed E-state index contributed by atoms with van der Waals surface area (Å²) in [5.74, 6) is -0.490. The van der Waals surface area contributed by atoms with Gasteiger partial charge in [-0.25, -0.2) is 13.4 Å². The number of sulfone groups is 1. The van der Waals surface area contributed by atoms with Gasteiger partial charge in [-0.2, -0.15) is 0 Å². The van der Waals surface area contributed by atoms with Gasteiger partial charge in [-0.3, -0.25) is 19.1 Å². The molecule has 0 saturated carbocycles. The Balaban J connectivity index is 2.10. The summed E-state index contributed by atoms with van der Waals surface area (Å²) < 4.78 is 24.5. The van der Waals surface area contributed by atoms with Gasteiger partial charge in [0.05, 0.1) is 27.0 Å². The minimum Gasteiger partial charge on any atom is -0.285 e. The number of benzene rings is 1. The fourth-order valence-electron chi connectivity index (χ4n) is 2.65. The lowest BCUT2D eigenvalue weighted by Crippen LogP contribution is -2.21. The largest absolute Gasteiger partial charge is 0.285 e. The molecule has 3 heterocycles. The van der Waals surface area contributed by atoms with E-state index in [2.05, 4.69) is 9.97 Å². The minimum absolute atomic E-state index is 0.0191. The van der Waals surface area contributed by atoms with Crippen LogP contribution >= 0.6 is 0 Å². The van der Waals surface area contributed by atoms with E-state index in [9.17, 15) is 18.0 Å². The van der Waals surface area contributed by atoms with Crippen LogP contribution in [0.1, 0.15) is 16.2 Å². The van der Waals surface area contributed by atoms with Crippen LogP contribution in [-0.4, -0.2) is 35.0 Å². The molecule has 7 nitrogen and oxygen atoms in total. The molecule has 0 unspecified atom stereocenters. The van der Waals surface area contributed by atoms with Crippen molar-refractivity contribution in [3.05, 3.63) is 58.4 Å². The van der Waals surface area contributed by atoms with Crippen LogP contribution in [0.2, 0.25) is 0 Å². The third kappa shape index (κ3) is 1.85. The smallest absolute Gasteiger partial charge is 0.267 e. The quantitative estimate of drug-likeness (QED) is 0.511. The second kappa shape index (κ2) is 4.32. The first-order chi connectivity index (χ1) is 10.9. The molecule has 4 rings (SSSR count). The lowest BCUT2D eigenvalue weighted by Gasteiger charge is -2.05. The predicted molar refractivity (Wildman–Crippen MR) is 81.7 cm³/mol. The highest BCUT2D eigenvalue weighted by molar-refractivity contribution is 7.90. The van der Waals surface area contributed by atoms with Gasteiger partial charge in [-0.15, -0.1) is 0 Å². The first-order valence-electron chi connectivity index (χ1n) is 6.64.